The van der Waals surface area contributed by atoms with E-state index in [2.05, 4.69) is 10.6 Å². The molecule has 0 saturated carbocycles. The maximum atomic E-state index is 11.9. The van der Waals surface area contributed by atoms with E-state index in [1.165, 1.54) is 0 Å². The Balaban J connectivity index is 2.14. The van der Waals surface area contributed by atoms with E-state index in [9.17, 15) is 4.79 Å². The van der Waals surface area contributed by atoms with Gasteiger partial charge in [-0.2, -0.15) is 5.26 Å². The number of para-hydroxylation sites is 1. The number of carbonyl (C=O) groups excluding carboxylic acids is 1. The van der Waals surface area contributed by atoms with Crippen LogP contribution in [0.15, 0.2) is 42.5 Å². The van der Waals surface area contributed by atoms with Crippen molar-refractivity contribution in [2.45, 2.75) is 0 Å². The van der Waals surface area contributed by atoms with Gasteiger partial charge < -0.3 is 10.6 Å². The van der Waals surface area contributed by atoms with Crippen LogP contribution >= 0.6 is 23.2 Å². The van der Waals surface area contributed by atoms with Gasteiger partial charge >= 0.3 is 6.03 Å². The number of nitriles is 1. The molecule has 2 rings (SSSR count). The monoisotopic (exact) mass is 305 g/mol. The van der Waals surface area contributed by atoms with E-state index in [-0.39, 0.29) is 5.02 Å². The van der Waals surface area contributed by atoms with Crippen molar-refractivity contribution in [1.29, 1.82) is 5.26 Å². The minimum atomic E-state index is -0.503. The summed E-state index contributed by atoms with van der Waals surface area (Å²) < 4.78 is 0. The molecule has 6 heteroatoms. The lowest BCUT2D eigenvalue weighted by atomic mass is 10.2. The molecule has 0 radical (unpaired) electrons. The van der Waals surface area contributed by atoms with E-state index in [0.29, 0.717) is 22.0 Å². The highest BCUT2D eigenvalue weighted by atomic mass is 35.5. The van der Waals surface area contributed by atoms with Gasteiger partial charge in [0, 0.05) is 0 Å². The molecule has 0 aliphatic rings. The van der Waals surface area contributed by atoms with Gasteiger partial charge in [0.15, 0.2) is 0 Å². The molecule has 0 aromatic heterocycles. The van der Waals surface area contributed by atoms with E-state index in [1.807, 2.05) is 6.07 Å². The number of urea groups is 1. The zero-order chi connectivity index (χ0) is 14.5. The second-order valence-electron chi connectivity index (χ2n) is 3.84. The van der Waals surface area contributed by atoms with Crippen molar-refractivity contribution in [3.8, 4) is 6.07 Å². The predicted octanol–water partition coefficient (Wildman–Crippen LogP) is 4.51. The normalized spacial score (nSPS) is 9.65. The van der Waals surface area contributed by atoms with Crippen LogP contribution in [-0.2, 0) is 0 Å². The Kier molecular flexibility index (Phi) is 4.46. The van der Waals surface area contributed by atoms with Gasteiger partial charge in [-0.15, -0.1) is 0 Å². The topological polar surface area (TPSA) is 64.9 Å². The Morgan fingerprint density at radius 3 is 2.40 bits per heavy atom. The number of halogens is 2. The quantitative estimate of drug-likeness (QED) is 0.857. The number of nitrogens with one attached hydrogen (secondary N) is 2. The minimum Gasteiger partial charge on any atom is -0.306 e. The van der Waals surface area contributed by atoms with Crippen LogP contribution in [0.1, 0.15) is 5.56 Å². The van der Waals surface area contributed by atoms with E-state index in [1.54, 1.807) is 42.5 Å². The lowest BCUT2D eigenvalue weighted by molar-refractivity contribution is 0.262. The molecular weight excluding hydrogens is 297 g/mol. The van der Waals surface area contributed by atoms with Crippen LogP contribution in [-0.4, -0.2) is 6.03 Å². The number of hydrogen-bond donors (Lipinski definition) is 2. The highest BCUT2D eigenvalue weighted by Crippen LogP contribution is 2.29. The van der Waals surface area contributed by atoms with Gasteiger partial charge in [-0.25, -0.2) is 4.79 Å². The lowest BCUT2D eigenvalue weighted by Crippen LogP contribution is -2.20. The molecule has 0 fully saturated rings. The van der Waals surface area contributed by atoms with Gasteiger partial charge in [-0.3, -0.25) is 0 Å². The Morgan fingerprint density at radius 2 is 1.65 bits per heavy atom. The standard InChI is InChI=1S/C14H9Cl2N3O/c15-10-5-3-7-12(13(10)16)19-14(20)18-11-6-2-1-4-9(11)8-17/h1-7H,(H2,18,19,20). The number of benzene rings is 2. The fourth-order valence-electron chi connectivity index (χ4n) is 1.57. The second kappa shape index (κ2) is 6.29. The zero-order valence-electron chi connectivity index (χ0n) is 10.2. The summed E-state index contributed by atoms with van der Waals surface area (Å²) in [5, 5.41) is 14.7. The summed E-state index contributed by atoms with van der Waals surface area (Å²) in [6.45, 7) is 0. The van der Waals surface area contributed by atoms with E-state index < -0.39 is 6.03 Å². The molecule has 4 nitrogen and oxygen atoms in total. The van der Waals surface area contributed by atoms with Crippen molar-refractivity contribution < 1.29 is 4.79 Å². The number of amides is 2. The highest BCUT2D eigenvalue weighted by Gasteiger charge is 2.09. The fourth-order valence-corrected chi connectivity index (χ4v) is 1.91. The zero-order valence-corrected chi connectivity index (χ0v) is 11.7. The van der Waals surface area contributed by atoms with Crippen molar-refractivity contribution in [3.05, 3.63) is 58.1 Å². The third-order valence-electron chi connectivity index (χ3n) is 2.50. The van der Waals surface area contributed by atoms with E-state index in [0.717, 1.165) is 0 Å². The summed E-state index contributed by atoms with van der Waals surface area (Å²) in [5.41, 5.74) is 1.19. The molecule has 2 amide bonds. The molecule has 2 aromatic rings. The van der Waals surface area contributed by atoms with Gasteiger partial charge in [-0.1, -0.05) is 41.4 Å². The molecule has 0 bridgehead atoms. The van der Waals surface area contributed by atoms with E-state index >= 15 is 0 Å². The summed E-state index contributed by atoms with van der Waals surface area (Å²) in [5.74, 6) is 0. The van der Waals surface area contributed by atoms with Gasteiger partial charge in [0.2, 0.25) is 0 Å². The summed E-state index contributed by atoms with van der Waals surface area (Å²) in [6.07, 6.45) is 0. The fraction of sp³-hybridized carbons (Fsp3) is 0. The molecular formula is C14H9Cl2N3O. The minimum absolute atomic E-state index is 0.262. The molecule has 0 saturated heterocycles. The molecule has 0 unspecified atom stereocenters. The maximum absolute atomic E-state index is 11.9. The maximum Gasteiger partial charge on any atom is 0.323 e. The summed E-state index contributed by atoms with van der Waals surface area (Å²) in [6, 6.07) is 13.1. The summed E-state index contributed by atoms with van der Waals surface area (Å²) >= 11 is 11.8. The predicted molar refractivity (Wildman–Crippen MR) is 80.3 cm³/mol. The first-order valence-electron chi connectivity index (χ1n) is 5.63. The van der Waals surface area contributed by atoms with E-state index in [4.69, 9.17) is 28.5 Å². The molecule has 2 N–H and O–H groups in total. The Morgan fingerprint density at radius 1 is 1.00 bits per heavy atom. The largest absolute Gasteiger partial charge is 0.323 e. The first kappa shape index (κ1) is 14.2. The molecule has 20 heavy (non-hydrogen) atoms. The van der Waals surface area contributed by atoms with Crippen molar-refractivity contribution in [1.82, 2.24) is 0 Å². The number of rotatable bonds is 2. The average molecular weight is 306 g/mol. The second-order valence-corrected chi connectivity index (χ2v) is 4.62. The first-order valence-corrected chi connectivity index (χ1v) is 6.38. The van der Waals surface area contributed by atoms with Crippen LogP contribution in [0.4, 0.5) is 16.2 Å². The smallest absolute Gasteiger partial charge is 0.306 e. The van der Waals surface area contributed by atoms with Crippen LogP contribution in [0.2, 0.25) is 10.0 Å². The van der Waals surface area contributed by atoms with Crippen LogP contribution in [0.5, 0.6) is 0 Å². The summed E-state index contributed by atoms with van der Waals surface area (Å²) in [4.78, 5) is 11.9. The van der Waals surface area contributed by atoms with Gasteiger partial charge in [0.25, 0.3) is 0 Å². The third-order valence-corrected chi connectivity index (χ3v) is 3.31. The van der Waals surface area contributed by atoms with Crippen molar-refractivity contribution >= 4 is 40.6 Å². The van der Waals surface area contributed by atoms with Crippen LogP contribution in [0.25, 0.3) is 0 Å². The third kappa shape index (κ3) is 3.21. The SMILES string of the molecule is N#Cc1ccccc1NC(=O)Nc1cccc(Cl)c1Cl. The lowest BCUT2D eigenvalue weighted by Gasteiger charge is -2.10. The van der Waals surface area contributed by atoms with Gasteiger partial charge in [0.05, 0.1) is 27.0 Å². The Labute approximate surface area is 125 Å². The van der Waals surface area contributed by atoms with Crippen LogP contribution in [0, 0.1) is 11.3 Å². The first-order chi connectivity index (χ1) is 9.61. The molecule has 2 aromatic carbocycles. The number of hydrogen-bond acceptors (Lipinski definition) is 2. The van der Waals surface area contributed by atoms with Crippen molar-refractivity contribution in [3.63, 3.8) is 0 Å². The number of nitrogens with zero attached hydrogens (tertiary/aromatic N) is 1. The molecule has 0 heterocycles. The Bertz CT molecular complexity index is 695. The molecule has 0 aliphatic heterocycles. The molecule has 100 valence electrons. The van der Waals surface area contributed by atoms with Gasteiger partial charge in [0.1, 0.15) is 6.07 Å². The molecule has 0 atom stereocenters. The van der Waals surface area contributed by atoms with Gasteiger partial charge in [-0.05, 0) is 24.3 Å². The molecule has 0 spiro atoms. The highest BCUT2D eigenvalue weighted by molar-refractivity contribution is 6.44. The summed E-state index contributed by atoms with van der Waals surface area (Å²) in [7, 11) is 0. The van der Waals surface area contributed by atoms with Crippen LogP contribution in [0.3, 0.4) is 0 Å². The average Bonchev–Trinajstić information content (AvgIpc) is 2.44. The Hall–Kier alpha value is -2.22. The number of carbonyl (C=O) groups is 1. The van der Waals surface area contributed by atoms with Crippen LogP contribution < -0.4 is 10.6 Å². The number of anilines is 2. The molecule has 0 aliphatic carbocycles. The van der Waals surface area contributed by atoms with Crippen molar-refractivity contribution in [2.24, 2.45) is 0 Å². The van der Waals surface area contributed by atoms with Crippen molar-refractivity contribution in [2.75, 3.05) is 10.6 Å².